The number of aryl methyl sites for hydroxylation is 1. The van der Waals surface area contributed by atoms with E-state index >= 15 is 0 Å². The first kappa shape index (κ1) is 19.2. The first-order chi connectivity index (χ1) is 15.0. The van der Waals surface area contributed by atoms with Crippen molar-refractivity contribution >= 4 is 23.2 Å². The van der Waals surface area contributed by atoms with Crippen LogP contribution in [0.25, 0.3) is 0 Å². The number of hydrogen-bond donors (Lipinski definition) is 2. The molecule has 2 amide bonds. The average Bonchev–Trinajstić information content (AvgIpc) is 3.50. The Morgan fingerprint density at radius 1 is 0.903 bits per heavy atom. The summed E-state index contributed by atoms with van der Waals surface area (Å²) in [7, 11) is 0. The number of benzene rings is 2. The van der Waals surface area contributed by atoms with Gasteiger partial charge >= 0.3 is 0 Å². The number of ether oxygens (including phenoxy) is 2. The van der Waals surface area contributed by atoms with Crippen LogP contribution in [0.4, 0.5) is 11.4 Å². The minimum Gasteiger partial charge on any atom is -0.459 e. The van der Waals surface area contributed by atoms with Gasteiger partial charge < -0.3 is 24.5 Å². The van der Waals surface area contributed by atoms with E-state index < -0.39 is 5.79 Å². The molecule has 1 aliphatic carbocycles. The first-order valence-corrected chi connectivity index (χ1v) is 10.3. The smallest absolute Gasteiger partial charge is 0.291 e. The highest BCUT2D eigenvalue weighted by atomic mass is 16.7. The van der Waals surface area contributed by atoms with Crippen LogP contribution >= 0.6 is 0 Å². The van der Waals surface area contributed by atoms with Gasteiger partial charge in [0, 0.05) is 35.8 Å². The molecule has 1 aromatic heterocycles. The minimum absolute atomic E-state index is 0.203. The molecule has 0 atom stereocenters. The molecule has 0 saturated heterocycles. The van der Waals surface area contributed by atoms with Crippen molar-refractivity contribution in [2.45, 2.75) is 38.4 Å². The summed E-state index contributed by atoms with van der Waals surface area (Å²) in [6.07, 6.45) is 5.36. The summed E-state index contributed by atoms with van der Waals surface area (Å²) in [5.41, 5.74) is 2.42. The zero-order chi connectivity index (χ0) is 21.4. The largest absolute Gasteiger partial charge is 0.459 e. The quantitative estimate of drug-likeness (QED) is 0.613. The Morgan fingerprint density at radius 3 is 2.48 bits per heavy atom. The van der Waals surface area contributed by atoms with Crippen LogP contribution in [-0.2, 0) is 0 Å². The Bertz CT molecular complexity index is 1150. The molecule has 7 heteroatoms. The van der Waals surface area contributed by atoms with Crippen molar-refractivity contribution < 1.29 is 23.5 Å². The summed E-state index contributed by atoms with van der Waals surface area (Å²) in [6.45, 7) is 1.86. The van der Waals surface area contributed by atoms with Gasteiger partial charge in [-0.05, 0) is 61.7 Å². The van der Waals surface area contributed by atoms with Crippen LogP contribution in [0.2, 0.25) is 0 Å². The molecule has 2 aliphatic rings. The molecule has 1 aliphatic heterocycles. The lowest BCUT2D eigenvalue weighted by atomic mass is 10.1. The molecule has 1 spiro atoms. The van der Waals surface area contributed by atoms with Gasteiger partial charge in [0.25, 0.3) is 17.6 Å². The number of fused-ring (bicyclic) bond motifs is 1. The maximum absolute atomic E-state index is 12.8. The SMILES string of the molecule is Cc1ccc(C(=O)Nc2ccc3c(c2)OC2(CCCC2)O3)cc1NC(=O)c1ccco1. The minimum atomic E-state index is -0.539. The lowest BCUT2D eigenvalue weighted by molar-refractivity contribution is -0.0716. The number of carbonyl (C=O) groups excluding carboxylic acids is 2. The van der Waals surface area contributed by atoms with E-state index in [1.807, 2.05) is 13.0 Å². The van der Waals surface area contributed by atoms with Gasteiger partial charge in [-0.2, -0.15) is 0 Å². The van der Waals surface area contributed by atoms with Crippen LogP contribution in [-0.4, -0.2) is 17.6 Å². The summed E-state index contributed by atoms with van der Waals surface area (Å²) in [6, 6.07) is 13.8. The standard InChI is InChI=1S/C24H22N2O5/c1-15-6-7-16(13-18(15)26-23(28)20-5-4-12-29-20)22(27)25-17-8-9-19-21(14-17)31-24(30-19)10-2-3-11-24/h4-9,12-14H,2-3,10-11H2,1H3,(H,25,27)(H,26,28). The zero-order valence-electron chi connectivity index (χ0n) is 17.1. The number of hydrogen-bond acceptors (Lipinski definition) is 5. The summed E-state index contributed by atoms with van der Waals surface area (Å²) in [4.78, 5) is 25.1. The first-order valence-electron chi connectivity index (χ1n) is 10.3. The van der Waals surface area contributed by atoms with Crippen molar-refractivity contribution in [1.29, 1.82) is 0 Å². The lowest BCUT2D eigenvalue weighted by Crippen LogP contribution is -2.34. The van der Waals surface area contributed by atoms with Crippen LogP contribution in [0.15, 0.2) is 59.2 Å². The molecule has 0 bridgehead atoms. The van der Waals surface area contributed by atoms with Gasteiger partial charge in [-0.3, -0.25) is 9.59 Å². The van der Waals surface area contributed by atoms with Gasteiger partial charge in [0.1, 0.15) is 0 Å². The molecule has 2 N–H and O–H groups in total. The maximum atomic E-state index is 12.8. The van der Waals surface area contributed by atoms with Crippen molar-refractivity contribution in [3.8, 4) is 11.5 Å². The van der Waals surface area contributed by atoms with Crippen LogP contribution in [0.1, 0.15) is 52.2 Å². The molecule has 7 nitrogen and oxygen atoms in total. The Kier molecular flexibility index (Phi) is 4.66. The summed E-state index contributed by atoms with van der Waals surface area (Å²) < 4.78 is 17.2. The predicted molar refractivity (Wildman–Crippen MR) is 115 cm³/mol. The van der Waals surface area contributed by atoms with Gasteiger partial charge in [-0.1, -0.05) is 6.07 Å². The number of rotatable bonds is 4. The number of carbonyl (C=O) groups is 2. The molecule has 2 aromatic carbocycles. The van der Waals surface area contributed by atoms with Gasteiger partial charge in [0.2, 0.25) is 0 Å². The number of amides is 2. The number of anilines is 2. The fourth-order valence-electron chi connectivity index (χ4n) is 3.98. The van der Waals surface area contributed by atoms with Crippen molar-refractivity contribution in [3.05, 3.63) is 71.7 Å². The Morgan fingerprint density at radius 2 is 1.71 bits per heavy atom. The van der Waals surface area contributed by atoms with Crippen LogP contribution in [0.5, 0.6) is 11.5 Å². The highest BCUT2D eigenvalue weighted by molar-refractivity contribution is 6.07. The monoisotopic (exact) mass is 418 g/mol. The predicted octanol–water partition coefficient (Wildman–Crippen LogP) is 5.13. The van der Waals surface area contributed by atoms with E-state index in [4.69, 9.17) is 13.9 Å². The van der Waals surface area contributed by atoms with E-state index in [1.54, 1.807) is 42.5 Å². The van der Waals surface area contributed by atoms with E-state index in [0.717, 1.165) is 31.2 Å². The second-order valence-electron chi connectivity index (χ2n) is 7.90. The molecule has 158 valence electrons. The second kappa shape index (κ2) is 7.50. The average molecular weight is 418 g/mol. The summed E-state index contributed by atoms with van der Waals surface area (Å²) in [5, 5.41) is 5.67. The number of nitrogens with one attached hydrogen (secondary N) is 2. The van der Waals surface area contributed by atoms with Crippen molar-refractivity contribution in [1.82, 2.24) is 0 Å². The molecule has 0 unspecified atom stereocenters. The van der Waals surface area contributed by atoms with Crippen LogP contribution < -0.4 is 20.1 Å². The normalized spacial score (nSPS) is 15.8. The second-order valence-corrected chi connectivity index (χ2v) is 7.90. The molecule has 31 heavy (non-hydrogen) atoms. The van der Waals surface area contributed by atoms with Gasteiger partial charge in [-0.25, -0.2) is 0 Å². The molecular weight excluding hydrogens is 396 g/mol. The molecule has 1 saturated carbocycles. The summed E-state index contributed by atoms with van der Waals surface area (Å²) >= 11 is 0. The van der Waals surface area contributed by atoms with Gasteiger partial charge in [-0.15, -0.1) is 0 Å². The van der Waals surface area contributed by atoms with Gasteiger partial charge in [0.05, 0.1) is 6.26 Å². The van der Waals surface area contributed by atoms with Crippen LogP contribution in [0, 0.1) is 6.92 Å². The third-order valence-electron chi connectivity index (χ3n) is 5.65. The topological polar surface area (TPSA) is 89.8 Å². The molecule has 5 rings (SSSR count). The molecule has 2 heterocycles. The van der Waals surface area contributed by atoms with E-state index in [-0.39, 0.29) is 17.6 Å². The molecule has 0 radical (unpaired) electrons. The van der Waals surface area contributed by atoms with Crippen LogP contribution in [0.3, 0.4) is 0 Å². The summed E-state index contributed by atoms with van der Waals surface area (Å²) in [5.74, 6) is 0.358. The lowest BCUT2D eigenvalue weighted by Gasteiger charge is -2.21. The Labute approximate surface area is 179 Å². The molecular formula is C24H22N2O5. The van der Waals surface area contributed by atoms with Crippen molar-refractivity contribution in [2.75, 3.05) is 10.6 Å². The zero-order valence-corrected chi connectivity index (χ0v) is 17.1. The number of furan rings is 1. The van der Waals surface area contributed by atoms with Gasteiger partial charge in [0.15, 0.2) is 17.3 Å². The van der Waals surface area contributed by atoms with E-state index in [2.05, 4.69) is 10.6 Å². The van der Waals surface area contributed by atoms with Crippen molar-refractivity contribution in [2.24, 2.45) is 0 Å². The fourth-order valence-corrected chi connectivity index (χ4v) is 3.98. The highest BCUT2D eigenvalue weighted by Gasteiger charge is 2.44. The third kappa shape index (κ3) is 3.74. The maximum Gasteiger partial charge on any atom is 0.291 e. The van der Waals surface area contributed by atoms with Crippen molar-refractivity contribution in [3.63, 3.8) is 0 Å². The highest BCUT2D eigenvalue weighted by Crippen LogP contribution is 2.47. The van der Waals surface area contributed by atoms with E-state index in [9.17, 15) is 9.59 Å². The molecule has 1 fully saturated rings. The Balaban J connectivity index is 1.31. The fraction of sp³-hybridized carbons (Fsp3) is 0.250. The van der Waals surface area contributed by atoms with E-state index in [1.165, 1.54) is 6.26 Å². The van der Waals surface area contributed by atoms with E-state index in [0.29, 0.717) is 28.4 Å². The third-order valence-corrected chi connectivity index (χ3v) is 5.65. The molecule has 3 aromatic rings. The Hall–Kier alpha value is -3.74.